The zero-order valence-electron chi connectivity index (χ0n) is 11.8. The Morgan fingerprint density at radius 3 is 3.05 bits per heavy atom. The Hall–Kier alpha value is -0.450. The van der Waals surface area contributed by atoms with Gasteiger partial charge in [0.15, 0.2) is 0 Å². The normalized spacial score (nSPS) is 27.2. The average molecular weight is 280 g/mol. The third-order valence-corrected chi connectivity index (χ3v) is 5.40. The number of hydrogen-bond acceptors (Lipinski definition) is 4. The van der Waals surface area contributed by atoms with Crippen LogP contribution in [0.4, 0.5) is 0 Å². The van der Waals surface area contributed by atoms with Crippen molar-refractivity contribution in [1.29, 1.82) is 0 Å². The quantitative estimate of drug-likeness (QED) is 0.921. The molecule has 1 aromatic heterocycles. The summed E-state index contributed by atoms with van der Waals surface area (Å²) in [6.07, 6.45) is 9.06. The van der Waals surface area contributed by atoms with Crippen LogP contribution < -0.4 is 5.32 Å². The van der Waals surface area contributed by atoms with Crippen LogP contribution in [0.25, 0.3) is 0 Å². The number of aromatic nitrogens is 1. The van der Waals surface area contributed by atoms with Crippen LogP contribution >= 0.6 is 11.3 Å². The van der Waals surface area contributed by atoms with Crippen molar-refractivity contribution in [3.8, 4) is 0 Å². The van der Waals surface area contributed by atoms with E-state index in [4.69, 9.17) is 9.72 Å². The average Bonchev–Trinajstić information content (AvgIpc) is 2.84. The molecule has 0 aromatic carbocycles. The molecule has 3 nitrogen and oxygen atoms in total. The number of likely N-dealkylation sites (N-methyl/N-ethyl adjacent to an activating group) is 1. The van der Waals surface area contributed by atoms with Crippen LogP contribution in [0.2, 0.25) is 0 Å². The van der Waals surface area contributed by atoms with E-state index in [0.29, 0.717) is 12.0 Å². The number of nitrogens with zero attached hydrogens (tertiary/aromatic N) is 1. The van der Waals surface area contributed by atoms with Crippen molar-refractivity contribution in [2.24, 2.45) is 0 Å². The monoisotopic (exact) mass is 280 g/mol. The number of aryl methyl sites for hydroxylation is 1. The molecule has 3 rings (SSSR count). The lowest BCUT2D eigenvalue weighted by Crippen LogP contribution is -2.22. The van der Waals surface area contributed by atoms with Crippen molar-refractivity contribution in [3.63, 3.8) is 0 Å². The Morgan fingerprint density at radius 1 is 1.32 bits per heavy atom. The van der Waals surface area contributed by atoms with Gasteiger partial charge in [0.25, 0.3) is 0 Å². The Balaban J connectivity index is 1.70. The maximum Gasteiger partial charge on any atom is 0.0957 e. The van der Waals surface area contributed by atoms with E-state index in [1.165, 1.54) is 54.1 Å². The number of thiazole rings is 1. The molecule has 2 atom stereocenters. The van der Waals surface area contributed by atoms with Crippen LogP contribution in [0.1, 0.15) is 53.6 Å². The second kappa shape index (κ2) is 6.33. The Kier molecular flexibility index (Phi) is 4.51. The highest BCUT2D eigenvalue weighted by atomic mass is 32.1. The first kappa shape index (κ1) is 13.5. The van der Waals surface area contributed by atoms with Crippen LogP contribution in [-0.2, 0) is 17.6 Å². The van der Waals surface area contributed by atoms with Crippen molar-refractivity contribution in [2.45, 2.75) is 57.0 Å². The Labute approximate surface area is 119 Å². The summed E-state index contributed by atoms with van der Waals surface area (Å²) >= 11 is 1.94. The van der Waals surface area contributed by atoms with E-state index >= 15 is 0 Å². The molecule has 0 saturated carbocycles. The van der Waals surface area contributed by atoms with Crippen LogP contribution in [-0.4, -0.2) is 31.3 Å². The second-order valence-electron chi connectivity index (χ2n) is 5.76. The molecule has 1 fully saturated rings. The number of hydrogen-bond donors (Lipinski definition) is 1. The third-order valence-electron chi connectivity index (χ3n) is 4.24. The highest BCUT2D eigenvalue weighted by Gasteiger charge is 2.25. The molecular weight excluding hydrogens is 256 g/mol. The van der Waals surface area contributed by atoms with Gasteiger partial charge in [-0.25, -0.2) is 4.98 Å². The van der Waals surface area contributed by atoms with E-state index in [1.54, 1.807) is 0 Å². The molecule has 2 aliphatic rings. The van der Waals surface area contributed by atoms with Gasteiger partial charge in [-0.3, -0.25) is 0 Å². The topological polar surface area (TPSA) is 34.1 Å². The lowest BCUT2D eigenvalue weighted by atomic mass is 9.91. The molecule has 1 aromatic rings. The molecule has 0 bridgehead atoms. The minimum atomic E-state index is 0.420. The van der Waals surface area contributed by atoms with Gasteiger partial charge >= 0.3 is 0 Å². The van der Waals surface area contributed by atoms with Crippen LogP contribution in [0.5, 0.6) is 0 Å². The number of ether oxygens (including phenoxy) is 1. The molecule has 1 N–H and O–H groups in total. The van der Waals surface area contributed by atoms with Crippen molar-refractivity contribution in [3.05, 3.63) is 15.6 Å². The summed E-state index contributed by atoms with van der Waals surface area (Å²) in [6, 6.07) is 0. The van der Waals surface area contributed by atoms with Gasteiger partial charge in [0.2, 0.25) is 0 Å². The van der Waals surface area contributed by atoms with E-state index in [1.807, 2.05) is 18.4 Å². The molecule has 1 saturated heterocycles. The van der Waals surface area contributed by atoms with Crippen molar-refractivity contribution in [2.75, 3.05) is 20.2 Å². The van der Waals surface area contributed by atoms with E-state index < -0.39 is 0 Å². The lowest BCUT2D eigenvalue weighted by molar-refractivity contribution is 0.0167. The molecular formula is C15H24N2OS. The zero-order chi connectivity index (χ0) is 13.1. The summed E-state index contributed by atoms with van der Waals surface area (Å²) in [5, 5.41) is 4.61. The maximum atomic E-state index is 5.84. The van der Waals surface area contributed by atoms with Gasteiger partial charge in [-0.2, -0.15) is 0 Å². The first-order valence-corrected chi connectivity index (χ1v) is 8.43. The first-order chi connectivity index (χ1) is 9.36. The molecule has 0 spiro atoms. The largest absolute Gasteiger partial charge is 0.378 e. The fraction of sp³-hybridized carbons (Fsp3) is 0.800. The molecule has 4 heteroatoms. The van der Waals surface area contributed by atoms with Gasteiger partial charge in [0, 0.05) is 30.4 Å². The molecule has 0 radical (unpaired) electrons. The summed E-state index contributed by atoms with van der Waals surface area (Å²) in [4.78, 5) is 6.48. The van der Waals surface area contributed by atoms with Crippen molar-refractivity contribution in [1.82, 2.24) is 10.3 Å². The SMILES string of the molecule is CNCC1CCCc2sc(CC3CCCCO3)nc21. The van der Waals surface area contributed by atoms with Crippen LogP contribution in [0, 0.1) is 0 Å². The fourth-order valence-corrected chi connectivity index (χ4v) is 4.51. The molecule has 2 unspecified atom stereocenters. The minimum absolute atomic E-state index is 0.420. The number of rotatable bonds is 4. The smallest absolute Gasteiger partial charge is 0.0957 e. The highest BCUT2D eigenvalue weighted by molar-refractivity contribution is 7.11. The standard InChI is InChI=1S/C15H24N2OS/c1-16-10-11-5-4-7-13-15(11)17-14(19-13)9-12-6-2-3-8-18-12/h11-12,16H,2-10H2,1H3. The Bertz CT molecular complexity index is 412. The lowest BCUT2D eigenvalue weighted by Gasteiger charge is -2.21. The summed E-state index contributed by atoms with van der Waals surface area (Å²) in [5.74, 6) is 0.631. The molecule has 19 heavy (non-hydrogen) atoms. The van der Waals surface area contributed by atoms with Gasteiger partial charge in [-0.05, 0) is 45.6 Å². The summed E-state index contributed by atoms with van der Waals surface area (Å²) < 4.78 is 5.84. The number of nitrogens with one attached hydrogen (secondary N) is 1. The third kappa shape index (κ3) is 3.18. The van der Waals surface area contributed by atoms with Crippen LogP contribution in [0.15, 0.2) is 0 Å². The maximum absolute atomic E-state index is 5.84. The second-order valence-corrected chi connectivity index (χ2v) is 6.92. The first-order valence-electron chi connectivity index (χ1n) is 7.61. The Morgan fingerprint density at radius 2 is 2.26 bits per heavy atom. The molecule has 1 aliphatic carbocycles. The van der Waals surface area contributed by atoms with Crippen molar-refractivity contribution < 1.29 is 4.74 Å². The zero-order valence-corrected chi connectivity index (χ0v) is 12.6. The van der Waals surface area contributed by atoms with Gasteiger partial charge in [-0.15, -0.1) is 11.3 Å². The number of fused-ring (bicyclic) bond motifs is 1. The molecule has 2 heterocycles. The highest BCUT2D eigenvalue weighted by Crippen LogP contribution is 2.35. The summed E-state index contributed by atoms with van der Waals surface area (Å²) in [6.45, 7) is 2.01. The minimum Gasteiger partial charge on any atom is -0.378 e. The van der Waals surface area contributed by atoms with E-state index in [9.17, 15) is 0 Å². The van der Waals surface area contributed by atoms with E-state index in [-0.39, 0.29) is 0 Å². The predicted molar refractivity (Wildman–Crippen MR) is 79.0 cm³/mol. The van der Waals surface area contributed by atoms with Gasteiger partial charge in [0.05, 0.1) is 16.8 Å². The molecule has 106 valence electrons. The fourth-order valence-electron chi connectivity index (χ4n) is 3.25. The van der Waals surface area contributed by atoms with E-state index in [2.05, 4.69) is 5.32 Å². The van der Waals surface area contributed by atoms with Gasteiger partial charge in [-0.1, -0.05) is 0 Å². The van der Waals surface area contributed by atoms with Gasteiger partial charge < -0.3 is 10.1 Å². The summed E-state index contributed by atoms with van der Waals surface area (Å²) in [7, 11) is 2.04. The van der Waals surface area contributed by atoms with Crippen molar-refractivity contribution >= 4 is 11.3 Å². The van der Waals surface area contributed by atoms with Crippen LogP contribution in [0.3, 0.4) is 0 Å². The van der Waals surface area contributed by atoms with Gasteiger partial charge in [0.1, 0.15) is 0 Å². The summed E-state index contributed by atoms with van der Waals surface area (Å²) in [5.41, 5.74) is 1.39. The molecule has 1 aliphatic heterocycles. The molecule has 0 amide bonds. The van der Waals surface area contributed by atoms with E-state index in [0.717, 1.165) is 19.6 Å². The predicted octanol–water partition coefficient (Wildman–Crippen LogP) is 2.89.